The molecular formula is C23H41N3O3. The third kappa shape index (κ3) is 6.19. The number of hydrogen-bond donors (Lipinski definition) is 1. The lowest BCUT2D eigenvalue weighted by Gasteiger charge is -2.42. The number of amides is 3. The van der Waals surface area contributed by atoms with Crippen molar-refractivity contribution in [2.24, 2.45) is 17.8 Å². The molecule has 1 saturated heterocycles. The molecule has 2 fully saturated rings. The van der Waals surface area contributed by atoms with E-state index in [0.29, 0.717) is 19.6 Å². The van der Waals surface area contributed by atoms with E-state index in [1.807, 2.05) is 23.6 Å². The summed E-state index contributed by atoms with van der Waals surface area (Å²) in [5.74, 6) is 0.541. The minimum atomic E-state index is -0.463. The second kappa shape index (κ2) is 11.0. The van der Waals surface area contributed by atoms with E-state index in [-0.39, 0.29) is 41.5 Å². The number of carbonyl (C=O) groups is 3. The van der Waals surface area contributed by atoms with E-state index in [2.05, 4.69) is 26.1 Å². The monoisotopic (exact) mass is 407 g/mol. The highest BCUT2D eigenvalue weighted by molar-refractivity contribution is 5.90. The van der Waals surface area contributed by atoms with Crippen LogP contribution in [0.1, 0.15) is 79.6 Å². The van der Waals surface area contributed by atoms with Crippen LogP contribution < -0.4 is 5.32 Å². The lowest BCUT2D eigenvalue weighted by Crippen LogP contribution is -2.60. The molecule has 0 aromatic carbocycles. The predicted molar refractivity (Wildman–Crippen MR) is 115 cm³/mol. The highest BCUT2D eigenvalue weighted by Gasteiger charge is 2.38. The molecule has 166 valence electrons. The first-order valence-corrected chi connectivity index (χ1v) is 11.7. The molecule has 29 heavy (non-hydrogen) atoms. The zero-order chi connectivity index (χ0) is 21.6. The summed E-state index contributed by atoms with van der Waals surface area (Å²) in [6.07, 6.45) is 6.70. The van der Waals surface area contributed by atoms with Crippen molar-refractivity contribution in [2.45, 2.75) is 91.6 Å². The Morgan fingerprint density at radius 3 is 2.24 bits per heavy atom. The second-order valence-corrected chi connectivity index (χ2v) is 9.06. The van der Waals surface area contributed by atoms with Crippen LogP contribution in [0, 0.1) is 17.8 Å². The van der Waals surface area contributed by atoms with Gasteiger partial charge >= 0.3 is 0 Å². The Hall–Kier alpha value is -1.59. The van der Waals surface area contributed by atoms with Crippen LogP contribution >= 0.6 is 0 Å². The summed E-state index contributed by atoms with van der Waals surface area (Å²) in [5.41, 5.74) is 0. The van der Waals surface area contributed by atoms with Crippen molar-refractivity contribution >= 4 is 17.7 Å². The fourth-order valence-electron chi connectivity index (χ4n) is 4.17. The zero-order valence-corrected chi connectivity index (χ0v) is 19.1. The van der Waals surface area contributed by atoms with E-state index in [0.717, 1.165) is 44.9 Å². The van der Waals surface area contributed by atoms with Crippen LogP contribution in [0.25, 0.3) is 0 Å². The maximum atomic E-state index is 13.2. The molecule has 6 heteroatoms. The molecule has 1 N–H and O–H groups in total. The third-order valence-electron chi connectivity index (χ3n) is 6.70. The average molecular weight is 408 g/mol. The first-order valence-electron chi connectivity index (χ1n) is 11.7. The van der Waals surface area contributed by atoms with Gasteiger partial charge in [0.25, 0.3) is 0 Å². The molecule has 0 spiro atoms. The van der Waals surface area contributed by atoms with Crippen molar-refractivity contribution in [3.63, 3.8) is 0 Å². The van der Waals surface area contributed by atoms with Gasteiger partial charge < -0.3 is 15.1 Å². The van der Waals surface area contributed by atoms with E-state index in [1.54, 1.807) is 0 Å². The number of carbonyl (C=O) groups excluding carboxylic acids is 3. The first kappa shape index (κ1) is 23.7. The summed E-state index contributed by atoms with van der Waals surface area (Å²) in [6, 6.07) is -0.455. The molecule has 0 radical (unpaired) electrons. The molecule has 6 nitrogen and oxygen atoms in total. The Balaban J connectivity index is 1.99. The molecule has 2 rings (SSSR count). The van der Waals surface area contributed by atoms with Crippen molar-refractivity contribution < 1.29 is 14.4 Å². The minimum Gasteiger partial charge on any atom is -0.344 e. The lowest BCUT2D eigenvalue weighted by molar-refractivity contribution is -0.147. The SMILES string of the molecule is CCCCC(CC)C(=O)N1CCN(C(=O)C(NC(=O)C2CC2)C(C)CC)CC1C. The standard InChI is InChI=1S/C23H41N3O3/c1-6-9-10-18(8-3)22(28)26-14-13-25(15-17(26)5)23(29)20(16(4)7-2)24-21(27)19-11-12-19/h16-20H,6-15H2,1-5H3,(H,24,27). The molecule has 3 amide bonds. The third-order valence-corrected chi connectivity index (χ3v) is 6.70. The van der Waals surface area contributed by atoms with Gasteiger partial charge in [-0.15, -0.1) is 0 Å². The van der Waals surface area contributed by atoms with E-state index >= 15 is 0 Å². The average Bonchev–Trinajstić information content (AvgIpc) is 3.56. The van der Waals surface area contributed by atoms with Crippen LogP contribution in [0.3, 0.4) is 0 Å². The van der Waals surface area contributed by atoms with Crippen LogP contribution in [-0.4, -0.2) is 59.2 Å². The van der Waals surface area contributed by atoms with Gasteiger partial charge in [-0.25, -0.2) is 0 Å². The lowest BCUT2D eigenvalue weighted by atomic mass is 9.95. The van der Waals surface area contributed by atoms with Gasteiger partial charge in [-0.3, -0.25) is 14.4 Å². The van der Waals surface area contributed by atoms with Gasteiger partial charge in [0, 0.05) is 37.5 Å². The van der Waals surface area contributed by atoms with Gasteiger partial charge in [-0.2, -0.15) is 0 Å². The van der Waals surface area contributed by atoms with Crippen LogP contribution in [-0.2, 0) is 14.4 Å². The number of nitrogens with zero attached hydrogens (tertiary/aromatic N) is 2. The van der Waals surface area contributed by atoms with Gasteiger partial charge in [0.1, 0.15) is 6.04 Å². The quantitative estimate of drug-likeness (QED) is 0.605. The zero-order valence-electron chi connectivity index (χ0n) is 19.1. The van der Waals surface area contributed by atoms with Crippen molar-refractivity contribution in [1.29, 1.82) is 0 Å². The number of piperazine rings is 1. The van der Waals surface area contributed by atoms with E-state index in [9.17, 15) is 14.4 Å². The first-order chi connectivity index (χ1) is 13.8. The molecule has 4 atom stereocenters. The van der Waals surface area contributed by atoms with Crippen molar-refractivity contribution in [2.75, 3.05) is 19.6 Å². The Morgan fingerprint density at radius 1 is 1.03 bits per heavy atom. The molecule has 0 aromatic rings. The van der Waals surface area contributed by atoms with Gasteiger partial charge in [-0.1, -0.05) is 47.0 Å². The Bertz CT molecular complexity index is 576. The normalized spacial score (nSPS) is 22.7. The van der Waals surface area contributed by atoms with Crippen molar-refractivity contribution in [3.8, 4) is 0 Å². The van der Waals surface area contributed by atoms with E-state index < -0.39 is 6.04 Å². The molecular weight excluding hydrogens is 366 g/mol. The maximum Gasteiger partial charge on any atom is 0.245 e. The smallest absolute Gasteiger partial charge is 0.245 e. The number of unbranched alkanes of at least 4 members (excludes halogenated alkanes) is 1. The Labute approximate surface area is 176 Å². The van der Waals surface area contributed by atoms with Crippen LogP contribution in [0.4, 0.5) is 0 Å². The molecule has 1 aliphatic heterocycles. The summed E-state index contributed by atoms with van der Waals surface area (Å²) in [7, 11) is 0. The summed E-state index contributed by atoms with van der Waals surface area (Å²) in [6.45, 7) is 12.0. The van der Waals surface area contributed by atoms with Crippen LogP contribution in [0.5, 0.6) is 0 Å². The summed E-state index contributed by atoms with van der Waals surface area (Å²) >= 11 is 0. The molecule has 1 aliphatic carbocycles. The molecule has 0 aromatic heterocycles. The Kier molecular flexibility index (Phi) is 8.97. The van der Waals surface area contributed by atoms with Crippen LogP contribution in [0.15, 0.2) is 0 Å². The van der Waals surface area contributed by atoms with E-state index in [4.69, 9.17) is 0 Å². The highest BCUT2D eigenvalue weighted by atomic mass is 16.2. The van der Waals surface area contributed by atoms with Gasteiger partial charge in [0.2, 0.25) is 17.7 Å². The second-order valence-electron chi connectivity index (χ2n) is 9.06. The fraction of sp³-hybridized carbons (Fsp3) is 0.870. The van der Waals surface area contributed by atoms with E-state index in [1.165, 1.54) is 0 Å². The highest BCUT2D eigenvalue weighted by Crippen LogP contribution is 2.29. The summed E-state index contributed by atoms with van der Waals surface area (Å²) < 4.78 is 0. The molecule has 1 heterocycles. The minimum absolute atomic E-state index is 0.00493. The van der Waals surface area contributed by atoms with Crippen molar-refractivity contribution in [1.82, 2.24) is 15.1 Å². The fourth-order valence-corrected chi connectivity index (χ4v) is 4.17. The largest absolute Gasteiger partial charge is 0.344 e. The number of hydrogen-bond acceptors (Lipinski definition) is 3. The molecule has 2 aliphatic rings. The van der Waals surface area contributed by atoms with Crippen LogP contribution in [0.2, 0.25) is 0 Å². The summed E-state index contributed by atoms with van der Waals surface area (Å²) in [4.78, 5) is 42.3. The number of nitrogens with one attached hydrogen (secondary N) is 1. The van der Waals surface area contributed by atoms with Crippen molar-refractivity contribution in [3.05, 3.63) is 0 Å². The topological polar surface area (TPSA) is 69.7 Å². The summed E-state index contributed by atoms with van der Waals surface area (Å²) in [5, 5.41) is 3.02. The number of rotatable bonds is 10. The predicted octanol–water partition coefficient (Wildman–Crippen LogP) is 3.20. The van der Waals surface area contributed by atoms with Gasteiger partial charge in [0.05, 0.1) is 0 Å². The van der Waals surface area contributed by atoms with Gasteiger partial charge in [-0.05, 0) is 38.5 Å². The molecule has 0 bridgehead atoms. The Morgan fingerprint density at radius 2 is 1.72 bits per heavy atom. The molecule has 4 unspecified atom stereocenters. The van der Waals surface area contributed by atoms with Gasteiger partial charge in [0.15, 0.2) is 0 Å². The maximum absolute atomic E-state index is 13.2. The molecule has 1 saturated carbocycles.